The molecule has 1 saturated heterocycles. The van der Waals surface area contributed by atoms with Gasteiger partial charge in [0.1, 0.15) is 6.61 Å². The van der Waals surface area contributed by atoms with Gasteiger partial charge in [0.25, 0.3) is 0 Å². The van der Waals surface area contributed by atoms with Gasteiger partial charge < -0.3 is 9.64 Å². The molecule has 16 heavy (non-hydrogen) atoms. The van der Waals surface area contributed by atoms with Gasteiger partial charge in [-0.1, -0.05) is 30.3 Å². The van der Waals surface area contributed by atoms with Crippen LogP contribution < -0.4 is 0 Å². The zero-order valence-electron chi connectivity index (χ0n) is 8.80. The molecule has 1 unspecified atom stereocenters. The van der Waals surface area contributed by atoms with Gasteiger partial charge in [0.15, 0.2) is 0 Å². The molecule has 1 aliphatic heterocycles. The van der Waals surface area contributed by atoms with Crippen molar-refractivity contribution in [3.05, 3.63) is 35.9 Å². The van der Waals surface area contributed by atoms with Crippen molar-refractivity contribution in [3.8, 4) is 6.07 Å². The van der Waals surface area contributed by atoms with Gasteiger partial charge in [-0.25, -0.2) is 4.79 Å². The summed E-state index contributed by atoms with van der Waals surface area (Å²) >= 11 is 0. The maximum atomic E-state index is 11.5. The molecule has 4 heteroatoms. The Morgan fingerprint density at radius 1 is 1.44 bits per heavy atom. The van der Waals surface area contributed by atoms with E-state index in [2.05, 4.69) is 6.07 Å². The number of hydrogen-bond acceptors (Lipinski definition) is 3. The zero-order valence-corrected chi connectivity index (χ0v) is 8.80. The van der Waals surface area contributed by atoms with E-state index in [4.69, 9.17) is 10.00 Å². The van der Waals surface area contributed by atoms with Crippen LogP contribution in [0.2, 0.25) is 0 Å². The Morgan fingerprint density at radius 3 is 2.88 bits per heavy atom. The van der Waals surface area contributed by atoms with E-state index in [1.165, 1.54) is 0 Å². The molecule has 82 valence electrons. The summed E-state index contributed by atoms with van der Waals surface area (Å²) in [6, 6.07) is 11.8. The Hall–Kier alpha value is -2.02. The smallest absolute Gasteiger partial charge is 0.410 e. The summed E-state index contributed by atoms with van der Waals surface area (Å²) in [5, 5.41) is 8.79. The number of carbonyl (C=O) groups is 1. The van der Waals surface area contributed by atoms with Crippen LogP contribution in [0.25, 0.3) is 0 Å². The number of nitrogens with zero attached hydrogens (tertiary/aromatic N) is 2. The van der Waals surface area contributed by atoms with Gasteiger partial charge in [-0.3, -0.25) is 0 Å². The van der Waals surface area contributed by atoms with E-state index in [0.717, 1.165) is 5.56 Å². The Labute approximate surface area is 94.0 Å². The Morgan fingerprint density at radius 2 is 2.19 bits per heavy atom. The number of carbonyl (C=O) groups excluding carboxylic acids is 1. The number of amides is 1. The molecular formula is C12H12N2O2. The molecule has 0 saturated carbocycles. The number of benzene rings is 1. The zero-order chi connectivity index (χ0) is 11.4. The maximum Gasteiger partial charge on any atom is 0.410 e. The fraction of sp³-hybridized carbons (Fsp3) is 0.333. The molecule has 0 radical (unpaired) electrons. The molecule has 0 N–H and O–H groups in total. The maximum absolute atomic E-state index is 11.5. The van der Waals surface area contributed by atoms with E-state index in [9.17, 15) is 4.79 Å². The fourth-order valence-corrected chi connectivity index (χ4v) is 1.67. The lowest BCUT2D eigenvalue weighted by Crippen LogP contribution is -2.42. The van der Waals surface area contributed by atoms with Crippen LogP contribution in [0, 0.1) is 17.2 Å². The lowest BCUT2D eigenvalue weighted by Gasteiger charge is -2.29. The third-order valence-corrected chi connectivity index (χ3v) is 2.51. The first-order valence-electron chi connectivity index (χ1n) is 5.15. The van der Waals surface area contributed by atoms with Crippen molar-refractivity contribution in [2.24, 2.45) is 5.92 Å². The van der Waals surface area contributed by atoms with Crippen LogP contribution in [0.15, 0.2) is 30.3 Å². The molecule has 1 aromatic rings. The van der Waals surface area contributed by atoms with Crippen molar-refractivity contribution < 1.29 is 9.53 Å². The van der Waals surface area contributed by atoms with E-state index >= 15 is 0 Å². The molecule has 1 aromatic carbocycles. The first kappa shape index (κ1) is 10.5. The SMILES string of the molecule is N#CC1COC(=O)N(Cc2ccccc2)C1. The van der Waals surface area contributed by atoms with Gasteiger partial charge >= 0.3 is 6.09 Å². The molecular weight excluding hydrogens is 204 g/mol. The second kappa shape index (κ2) is 4.67. The van der Waals surface area contributed by atoms with Gasteiger partial charge in [-0.15, -0.1) is 0 Å². The molecule has 1 atom stereocenters. The van der Waals surface area contributed by atoms with Crippen LogP contribution in [0.5, 0.6) is 0 Å². The predicted octanol–water partition coefficient (Wildman–Crippen LogP) is 1.78. The number of nitriles is 1. The monoisotopic (exact) mass is 216 g/mol. The highest BCUT2D eigenvalue weighted by atomic mass is 16.6. The lowest BCUT2D eigenvalue weighted by molar-refractivity contribution is 0.0536. The number of rotatable bonds is 2. The highest BCUT2D eigenvalue weighted by molar-refractivity contribution is 5.68. The predicted molar refractivity (Wildman–Crippen MR) is 57.3 cm³/mol. The largest absolute Gasteiger partial charge is 0.448 e. The van der Waals surface area contributed by atoms with Gasteiger partial charge in [0.2, 0.25) is 0 Å². The van der Waals surface area contributed by atoms with E-state index in [0.29, 0.717) is 13.1 Å². The highest BCUT2D eigenvalue weighted by Gasteiger charge is 2.26. The van der Waals surface area contributed by atoms with E-state index in [-0.39, 0.29) is 18.6 Å². The van der Waals surface area contributed by atoms with Crippen molar-refractivity contribution in [1.29, 1.82) is 5.26 Å². The Kier molecular flexibility index (Phi) is 3.06. The molecule has 1 amide bonds. The van der Waals surface area contributed by atoms with E-state index in [1.807, 2.05) is 30.3 Å². The second-order valence-corrected chi connectivity index (χ2v) is 3.77. The standard InChI is InChI=1S/C12H12N2O2/c13-6-11-8-14(12(15)16-9-11)7-10-4-2-1-3-5-10/h1-5,11H,7-9H2. The summed E-state index contributed by atoms with van der Waals surface area (Å²) in [7, 11) is 0. The molecule has 0 aliphatic carbocycles. The summed E-state index contributed by atoms with van der Waals surface area (Å²) in [5.41, 5.74) is 1.04. The molecule has 2 rings (SSSR count). The first-order chi connectivity index (χ1) is 7.79. The number of cyclic esters (lactones) is 1. The summed E-state index contributed by atoms with van der Waals surface area (Å²) in [4.78, 5) is 13.0. The van der Waals surface area contributed by atoms with Crippen LogP contribution in [0.3, 0.4) is 0 Å². The Bertz CT molecular complexity index is 411. The van der Waals surface area contributed by atoms with Crippen LogP contribution in [0.4, 0.5) is 4.79 Å². The van der Waals surface area contributed by atoms with Crippen LogP contribution in [0.1, 0.15) is 5.56 Å². The molecule has 0 aromatic heterocycles. The number of ether oxygens (including phenoxy) is 1. The van der Waals surface area contributed by atoms with E-state index < -0.39 is 0 Å². The fourth-order valence-electron chi connectivity index (χ4n) is 1.67. The summed E-state index contributed by atoms with van der Waals surface area (Å²) in [6.07, 6.45) is -0.338. The van der Waals surface area contributed by atoms with Crippen molar-refractivity contribution in [3.63, 3.8) is 0 Å². The lowest BCUT2D eigenvalue weighted by atomic mass is 10.1. The summed E-state index contributed by atoms with van der Waals surface area (Å²) in [5.74, 6) is -0.221. The second-order valence-electron chi connectivity index (χ2n) is 3.77. The van der Waals surface area contributed by atoms with Gasteiger partial charge in [0, 0.05) is 13.1 Å². The van der Waals surface area contributed by atoms with E-state index in [1.54, 1.807) is 4.90 Å². The van der Waals surface area contributed by atoms with Gasteiger partial charge in [-0.2, -0.15) is 5.26 Å². The van der Waals surface area contributed by atoms with Crippen LogP contribution in [-0.4, -0.2) is 24.1 Å². The Balaban J connectivity index is 2.03. The topological polar surface area (TPSA) is 53.3 Å². The minimum atomic E-state index is -0.338. The van der Waals surface area contributed by atoms with Gasteiger partial charge in [-0.05, 0) is 5.56 Å². The summed E-state index contributed by atoms with van der Waals surface area (Å²) in [6.45, 7) is 1.16. The summed E-state index contributed by atoms with van der Waals surface area (Å²) < 4.78 is 4.93. The van der Waals surface area contributed by atoms with Crippen LogP contribution in [-0.2, 0) is 11.3 Å². The third-order valence-electron chi connectivity index (χ3n) is 2.51. The van der Waals surface area contributed by atoms with Crippen molar-refractivity contribution in [1.82, 2.24) is 4.90 Å². The number of hydrogen-bond donors (Lipinski definition) is 0. The molecule has 1 fully saturated rings. The third kappa shape index (κ3) is 2.31. The minimum absolute atomic E-state index is 0.209. The van der Waals surface area contributed by atoms with Crippen molar-refractivity contribution >= 4 is 6.09 Å². The normalized spacial score (nSPS) is 20.1. The minimum Gasteiger partial charge on any atom is -0.448 e. The quantitative estimate of drug-likeness (QED) is 0.757. The molecule has 1 aliphatic rings. The van der Waals surface area contributed by atoms with Crippen molar-refractivity contribution in [2.75, 3.05) is 13.2 Å². The highest BCUT2D eigenvalue weighted by Crippen LogP contribution is 2.14. The average molecular weight is 216 g/mol. The molecule has 0 spiro atoms. The first-order valence-corrected chi connectivity index (χ1v) is 5.15. The van der Waals surface area contributed by atoms with Crippen molar-refractivity contribution in [2.45, 2.75) is 6.54 Å². The molecule has 1 heterocycles. The average Bonchev–Trinajstić information content (AvgIpc) is 2.33. The van der Waals surface area contributed by atoms with Crippen LogP contribution >= 0.6 is 0 Å². The molecule has 0 bridgehead atoms. The molecule has 4 nitrogen and oxygen atoms in total. The van der Waals surface area contributed by atoms with Gasteiger partial charge in [0.05, 0.1) is 12.0 Å².